The summed E-state index contributed by atoms with van der Waals surface area (Å²) >= 11 is 0. The Hall–Kier alpha value is -0.770. The second kappa shape index (κ2) is 3.96. The fourth-order valence-corrected chi connectivity index (χ4v) is 1.36. The summed E-state index contributed by atoms with van der Waals surface area (Å²) in [6.45, 7) is 0.387. The summed E-state index contributed by atoms with van der Waals surface area (Å²) in [5, 5.41) is 9.62. The summed E-state index contributed by atoms with van der Waals surface area (Å²) in [7, 11) is 0. The molecule has 0 radical (unpaired) electrons. The SMILES string of the molecule is Cl.N[C@H]1COc2ccccc2[C@H]1O. The second-order valence-electron chi connectivity index (χ2n) is 2.96. The lowest BCUT2D eigenvalue weighted by atomic mass is 10.0. The topological polar surface area (TPSA) is 55.5 Å². The molecule has 4 heteroatoms. The van der Waals surface area contributed by atoms with Gasteiger partial charge in [-0.2, -0.15) is 0 Å². The first-order valence-corrected chi connectivity index (χ1v) is 3.94. The third-order valence-corrected chi connectivity index (χ3v) is 2.07. The maximum Gasteiger partial charge on any atom is 0.125 e. The standard InChI is InChI=1S/C9H11NO2.ClH/c10-7-5-12-8-4-2-1-3-6(8)9(7)11;/h1-4,7,9,11H,5,10H2;1H/t7-,9+;/m0./s1. The molecule has 0 saturated carbocycles. The first-order chi connectivity index (χ1) is 5.79. The van der Waals surface area contributed by atoms with Crippen molar-refractivity contribution < 1.29 is 9.84 Å². The second-order valence-corrected chi connectivity index (χ2v) is 2.96. The monoisotopic (exact) mass is 201 g/mol. The Morgan fingerprint density at radius 3 is 2.85 bits per heavy atom. The molecule has 2 atom stereocenters. The van der Waals surface area contributed by atoms with Crippen molar-refractivity contribution in [3.8, 4) is 5.75 Å². The van der Waals surface area contributed by atoms with Crippen LogP contribution in [0.3, 0.4) is 0 Å². The highest BCUT2D eigenvalue weighted by atomic mass is 35.5. The van der Waals surface area contributed by atoms with Crippen molar-refractivity contribution in [1.82, 2.24) is 0 Å². The molecular formula is C9H12ClNO2. The number of fused-ring (bicyclic) bond motifs is 1. The minimum absolute atomic E-state index is 0. The van der Waals surface area contributed by atoms with Crippen LogP contribution in [0, 0.1) is 0 Å². The van der Waals surface area contributed by atoms with E-state index in [1.165, 1.54) is 0 Å². The number of para-hydroxylation sites is 1. The summed E-state index contributed by atoms with van der Waals surface area (Å²) in [5.41, 5.74) is 6.41. The Labute approximate surface area is 82.9 Å². The van der Waals surface area contributed by atoms with E-state index in [0.717, 1.165) is 11.3 Å². The Bertz CT molecular complexity index is 293. The largest absolute Gasteiger partial charge is 0.491 e. The summed E-state index contributed by atoms with van der Waals surface area (Å²) in [6, 6.07) is 7.11. The Balaban J connectivity index is 0.000000845. The molecule has 0 spiro atoms. The minimum atomic E-state index is -0.588. The molecule has 0 aliphatic carbocycles. The lowest BCUT2D eigenvalue weighted by Gasteiger charge is -2.27. The molecule has 13 heavy (non-hydrogen) atoms. The van der Waals surface area contributed by atoms with E-state index in [1.54, 1.807) is 0 Å². The number of hydrogen-bond acceptors (Lipinski definition) is 3. The van der Waals surface area contributed by atoms with Crippen molar-refractivity contribution >= 4 is 12.4 Å². The third kappa shape index (κ3) is 1.77. The predicted molar refractivity (Wildman–Crippen MR) is 52.1 cm³/mol. The van der Waals surface area contributed by atoms with E-state index in [-0.39, 0.29) is 18.4 Å². The van der Waals surface area contributed by atoms with Gasteiger partial charge < -0.3 is 15.6 Å². The first-order valence-electron chi connectivity index (χ1n) is 3.94. The van der Waals surface area contributed by atoms with Gasteiger partial charge in [0.15, 0.2) is 0 Å². The van der Waals surface area contributed by atoms with E-state index in [4.69, 9.17) is 10.5 Å². The van der Waals surface area contributed by atoms with E-state index in [9.17, 15) is 5.11 Å². The molecule has 1 aromatic carbocycles. The lowest BCUT2D eigenvalue weighted by molar-refractivity contribution is 0.0916. The fourth-order valence-electron chi connectivity index (χ4n) is 1.36. The quantitative estimate of drug-likeness (QED) is 0.655. The van der Waals surface area contributed by atoms with Crippen LogP contribution in [-0.2, 0) is 0 Å². The zero-order chi connectivity index (χ0) is 8.55. The van der Waals surface area contributed by atoms with Crippen molar-refractivity contribution in [1.29, 1.82) is 0 Å². The van der Waals surface area contributed by atoms with Crippen LogP contribution in [0.2, 0.25) is 0 Å². The summed E-state index contributed by atoms with van der Waals surface area (Å²) in [5.74, 6) is 0.742. The molecule has 3 N–H and O–H groups in total. The third-order valence-electron chi connectivity index (χ3n) is 2.07. The van der Waals surface area contributed by atoms with Crippen molar-refractivity contribution in [3.63, 3.8) is 0 Å². The van der Waals surface area contributed by atoms with E-state index >= 15 is 0 Å². The molecule has 1 aliphatic heterocycles. The van der Waals surface area contributed by atoms with Gasteiger partial charge in [0.05, 0.1) is 6.04 Å². The average molecular weight is 202 g/mol. The number of aliphatic hydroxyl groups excluding tert-OH is 1. The lowest BCUT2D eigenvalue weighted by Crippen LogP contribution is -2.37. The van der Waals surface area contributed by atoms with Crippen molar-refractivity contribution in [2.45, 2.75) is 12.1 Å². The van der Waals surface area contributed by atoms with Gasteiger partial charge in [-0.3, -0.25) is 0 Å². The van der Waals surface area contributed by atoms with Gasteiger partial charge in [-0.05, 0) is 6.07 Å². The Morgan fingerprint density at radius 2 is 2.08 bits per heavy atom. The van der Waals surface area contributed by atoms with Gasteiger partial charge in [0.1, 0.15) is 18.5 Å². The van der Waals surface area contributed by atoms with Crippen LogP contribution in [0.5, 0.6) is 5.75 Å². The van der Waals surface area contributed by atoms with Crippen LogP contribution in [0.4, 0.5) is 0 Å². The predicted octanol–water partition coefficient (Wildman–Crippen LogP) is 0.861. The molecule has 0 amide bonds. The number of halogens is 1. The van der Waals surface area contributed by atoms with Gasteiger partial charge in [-0.25, -0.2) is 0 Å². The maximum absolute atomic E-state index is 9.62. The molecule has 0 unspecified atom stereocenters. The zero-order valence-corrected chi connectivity index (χ0v) is 7.83. The highest BCUT2D eigenvalue weighted by molar-refractivity contribution is 5.85. The fraction of sp³-hybridized carbons (Fsp3) is 0.333. The van der Waals surface area contributed by atoms with Crippen LogP contribution in [0.1, 0.15) is 11.7 Å². The van der Waals surface area contributed by atoms with Gasteiger partial charge in [-0.1, -0.05) is 18.2 Å². The highest BCUT2D eigenvalue weighted by Gasteiger charge is 2.25. The molecule has 0 fully saturated rings. The molecule has 3 nitrogen and oxygen atoms in total. The normalized spacial score (nSPS) is 25.4. The molecular weight excluding hydrogens is 190 g/mol. The van der Waals surface area contributed by atoms with Crippen LogP contribution in [0.15, 0.2) is 24.3 Å². The molecule has 1 heterocycles. The first kappa shape index (κ1) is 10.3. The van der Waals surface area contributed by atoms with Gasteiger partial charge in [0.25, 0.3) is 0 Å². The van der Waals surface area contributed by atoms with E-state index in [2.05, 4.69) is 0 Å². The van der Waals surface area contributed by atoms with Gasteiger partial charge in [0.2, 0.25) is 0 Å². The maximum atomic E-state index is 9.62. The van der Waals surface area contributed by atoms with Gasteiger partial charge in [0, 0.05) is 5.56 Å². The smallest absolute Gasteiger partial charge is 0.125 e. The Morgan fingerprint density at radius 1 is 1.38 bits per heavy atom. The van der Waals surface area contributed by atoms with Crippen LogP contribution in [-0.4, -0.2) is 17.8 Å². The van der Waals surface area contributed by atoms with Crippen LogP contribution >= 0.6 is 12.4 Å². The van der Waals surface area contributed by atoms with E-state index in [0.29, 0.717) is 6.61 Å². The highest BCUT2D eigenvalue weighted by Crippen LogP contribution is 2.30. The molecule has 72 valence electrons. The van der Waals surface area contributed by atoms with Crippen molar-refractivity contribution in [2.24, 2.45) is 5.73 Å². The van der Waals surface area contributed by atoms with Gasteiger partial charge >= 0.3 is 0 Å². The molecule has 1 aliphatic rings. The number of aliphatic hydroxyl groups is 1. The van der Waals surface area contributed by atoms with Crippen molar-refractivity contribution in [2.75, 3.05) is 6.61 Å². The number of hydrogen-bond donors (Lipinski definition) is 2. The zero-order valence-electron chi connectivity index (χ0n) is 7.01. The molecule has 0 saturated heterocycles. The molecule has 2 rings (SSSR count). The average Bonchev–Trinajstić information content (AvgIpc) is 2.12. The molecule has 0 bridgehead atoms. The summed E-state index contributed by atoms with van der Waals surface area (Å²) < 4.78 is 5.32. The molecule has 1 aromatic rings. The van der Waals surface area contributed by atoms with Crippen molar-refractivity contribution in [3.05, 3.63) is 29.8 Å². The summed E-state index contributed by atoms with van der Waals surface area (Å²) in [6.07, 6.45) is -0.588. The molecule has 0 aromatic heterocycles. The number of ether oxygens (including phenoxy) is 1. The van der Waals surface area contributed by atoms with E-state index < -0.39 is 6.10 Å². The number of nitrogens with two attached hydrogens (primary N) is 1. The van der Waals surface area contributed by atoms with E-state index in [1.807, 2.05) is 24.3 Å². The van der Waals surface area contributed by atoms with Crippen LogP contribution < -0.4 is 10.5 Å². The van der Waals surface area contributed by atoms with Gasteiger partial charge in [-0.15, -0.1) is 12.4 Å². The number of benzene rings is 1. The summed E-state index contributed by atoms with van der Waals surface area (Å²) in [4.78, 5) is 0. The van der Waals surface area contributed by atoms with Crippen LogP contribution in [0.25, 0.3) is 0 Å². The minimum Gasteiger partial charge on any atom is -0.491 e. The Kier molecular flexibility index (Phi) is 3.14. The number of rotatable bonds is 0.